The maximum atomic E-state index is 12.8. The Labute approximate surface area is 73.8 Å². The highest BCUT2D eigenvalue weighted by molar-refractivity contribution is 7.85. The van der Waals surface area contributed by atoms with Gasteiger partial charge in [-0.05, 0) is 24.6 Å². The Hall–Kier alpha value is -1.01. The van der Waals surface area contributed by atoms with Gasteiger partial charge in [-0.15, -0.1) is 0 Å². The highest BCUT2D eigenvalue weighted by Gasteiger charge is 2.21. The maximum absolute atomic E-state index is 12.8. The van der Waals surface area contributed by atoms with Crippen molar-refractivity contribution >= 4 is 10.1 Å². The van der Waals surface area contributed by atoms with Crippen LogP contribution in [0.2, 0.25) is 0 Å². The average Bonchev–Trinajstić information content (AvgIpc) is 1.78. The minimum atomic E-state index is -4.83. The summed E-state index contributed by atoms with van der Waals surface area (Å²) in [5.41, 5.74) is 0.238. The number of aryl methyl sites for hydroxylation is 1. The first-order chi connectivity index (χ1) is 5.82. The van der Waals surface area contributed by atoms with Crippen LogP contribution in [0.1, 0.15) is 5.56 Å². The van der Waals surface area contributed by atoms with Gasteiger partial charge in [-0.25, -0.2) is 8.78 Å². The van der Waals surface area contributed by atoms with Gasteiger partial charge in [-0.3, -0.25) is 4.55 Å². The van der Waals surface area contributed by atoms with Crippen LogP contribution in [-0.4, -0.2) is 13.0 Å². The Morgan fingerprint density at radius 1 is 1.23 bits per heavy atom. The predicted molar refractivity (Wildman–Crippen MR) is 40.9 cm³/mol. The van der Waals surface area contributed by atoms with E-state index in [0.717, 1.165) is 12.1 Å². The quantitative estimate of drug-likeness (QED) is 0.712. The third-order valence-corrected chi connectivity index (χ3v) is 2.31. The van der Waals surface area contributed by atoms with Crippen molar-refractivity contribution in [2.24, 2.45) is 0 Å². The van der Waals surface area contributed by atoms with E-state index in [2.05, 4.69) is 0 Å². The molecule has 0 saturated heterocycles. The summed E-state index contributed by atoms with van der Waals surface area (Å²) in [7, 11) is -4.83. The summed E-state index contributed by atoms with van der Waals surface area (Å²) in [5, 5.41) is 0. The lowest BCUT2D eigenvalue weighted by Gasteiger charge is -2.01. The summed E-state index contributed by atoms with van der Waals surface area (Å²) in [4.78, 5) is -1.31. The Morgan fingerprint density at radius 2 is 1.62 bits per heavy atom. The molecule has 0 atom stereocenters. The van der Waals surface area contributed by atoms with E-state index in [1.807, 2.05) is 0 Å². The van der Waals surface area contributed by atoms with Gasteiger partial charge in [0, 0.05) is 0 Å². The Balaban J connectivity index is 3.57. The van der Waals surface area contributed by atoms with Gasteiger partial charge in [0.25, 0.3) is 10.1 Å². The minimum absolute atomic E-state index is 0.238. The van der Waals surface area contributed by atoms with Gasteiger partial charge in [0.1, 0.15) is 11.6 Å². The third-order valence-electron chi connectivity index (χ3n) is 1.40. The number of hydrogen-bond acceptors (Lipinski definition) is 2. The second kappa shape index (κ2) is 3.04. The largest absolute Gasteiger partial charge is 0.300 e. The second-order valence-electron chi connectivity index (χ2n) is 2.53. The van der Waals surface area contributed by atoms with Crippen molar-refractivity contribution in [2.75, 3.05) is 0 Å². The molecular weight excluding hydrogens is 202 g/mol. The summed E-state index contributed by atoms with van der Waals surface area (Å²) >= 11 is 0. The van der Waals surface area contributed by atoms with E-state index in [1.54, 1.807) is 0 Å². The number of rotatable bonds is 1. The van der Waals surface area contributed by atoms with Gasteiger partial charge in [0.15, 0.2) is 4.90 Å². The molecule has 72 valence electrons. The molecule has 0 unspecified atom stereocenters. The topological polar surface area (TPSA) is 54.4 Å². The number of halogens is 2. The van der Waals surface area contributed by atoms with Crippen LogP contribution in [0.3, 0.4) is 0 Å². The molecule has 1 aromatic rings. The Morgan fingerprint density at radius 3 is 1.92 bits per heavy atom. The lowest BCUT2D eigenvalue weighted by molar-refractivity contribution is 0.456. The monoisotopic (exact) mass is 208 g/mol. The highest BCUT2D eigenvalue weighted by Crippen LogP contribution is 2.19. The lowest BCUT2D eigenvalue weighted by Crippen LogP contribution is -2.05. The second-order valence-corrected chi connectivity index (χ2v) is 3.89. The SMILES string of the molecule is Cc1cc(F)c(S(=O)(=O)O)c(F)c1. The molecule has 1 aromatic carbocycles. The van der Waals surface area contributed by atoms with Gasteiger partial charge >= 0.3 is 0 Å². The van der Waals surface area contributed by atoms with Gasteiger partial charge in [-0.1, -0.05) is 0 Å². The number of benzene rings is 1. The molecule has 0 saturated carbocycles. The molecule has 0 amide bonds. The first kappa shape index (κ1) is 10.1. The van der Waals surface area contributed by atoms with Gasteiger partial charge in [0.05, 0.1) is 0 Å². The van der Waals surface area contributed by atoms with Crippen molar-refractivity contribution in [1.82, 2.24) is 0 Å². The fourth-order valence-electron chi connectivity index (χ4n) is 0.933. The zero-order valence-electron chi connectivity index (χ0n) is 6.58. The molecule has 0 radical (unpaired) electrons. The molecule has 13 heavy (non-hydrogen) atoms. The zero-order chi connectivity index (χ0) is 10.2. The van der Waals surface area contributed by atoms with Gasteiger partial charge in [0.2, 0.25) is 0 Å². The van der Waals surface area contributed by atoms with E-state index in [1.165, 1.54) is 6.92 Å². The standard InChI is InChI=1S/C7H6F2O3S/c1-4-2-5(8)7(6(9)3-4)13(10,11)12/h2-3H,1H3,(H,10,11,12). The van der Waals surface area contributed by atoms with E-state index in [-0.39, 0.29) is 5.56 Å². The van der Waals surface area contributed by atoms with Crippen LogP contribution in [-0.2, 0) is 10.1 Å². The van der Waals surface area contributed by atoms with Crippen molar-refractivity contribution in [3.63, 3.8) is 0 Å². The first-order valence-electron chi connectivity index (χ1n) is 3.25. The van der Waals surface area contributed by atoms with Crippen LogP contribution in [0.5, 0.6) is 0 Å². The van der Waals surface area contributed by atoms with Crippen LogP contribution in [0.4, 0.5) is 8.78 Å². The van der Waals surface area contributed by atoms with E-state index >= 15 is 0 Å². The molecule has 1 rings (SSSR count). The molecule has 6 heteroatoms. The number of hydrogen-bond donors (Lipinski definition) is 1. The third kappa shape index (κ3) is 2.02. The van der Waals surface area contributed by atoms with Crippen molar-refractivity contribution in [3.05, 3.63) is 29.3 Å². The summed E-state index contributed by atoms with van der Waals surface area (Å²) in [6.45, 7) is 1.40. The molecule has 0 aliphatic rings. The van der Waals surface area contributed by atoms with Crippen LogP contribution in [0.15, 0.2) is 17.0 Å². The maximum Gasteiger partial charge on any atom is 0.300 e. The first-order valence-corrected chi connectivity index (χ1v) is 4.69. The average molecular weight is 208 g/mol. The van der Waals surface area contributed by atoms with E-state index < -0.39 is 26.6 Å². The molecule has 0 aromatic heterocycles. The molecular formula is C7H6F2O3S. The molecule has 0 heterocycles. The highest BCUT2D eigenvalue weighted by atomic mass is 32.2. The molecule has 0 bridgehead atoms. The van der Waals surface area contributed by atoms with Crippen LogP contribution in [0, 0.1) is 18.6 Å². The van der Waals surface area contributed by atoms with Crippen LogP contribution >= 0.6 is 0 Å². The molecule has 1 N–H and O–H groups in total. The smallest absolute Gasteiger partial charge is 0.282 e. The minimum Gasteiger partial charge on any atom is -0.282 e. The molecule has 0 fully saturated rings. The van der Waals surface area contributed by atoms with Crippen LogP contribution < -0.4 is 0 Å². The van der Waals surface area contributed by atoms with E-state index in [4.69, 9.17) is 4.55 Å². The fraction of sp³-hybridized carbons (Fsp3) is 0.143. The van der Waals surface area contributed by atoms with Crippen molar-refractivity contribution in [1.29, 1.82) is 0 Å². The molecule has 0 aliphatic heterocycles. The Kier molecular flexibility index (Phi) is 2.36. The van der Waals surface area contributed by atoms with Gasteiger partial charge in [-0.2, -0.15) is 8.42 Å². The normalized spacial score (nSPS) is 11.7. The summed E-state index contributed by atoms with van der Waals surface area (Å²) < 4.78 is 55.0. The Bertz CT molecular complexity index is 416. The molecule has 0 spiro atoms. The van der Waals surface area contributed by atoms with Crippen molar-refractivity contribution < 1.29 is 21.8 Å². The predicted octanol–water partition coefficient (Wildman–Crippen LogP) is 1.52. The summed E-state index contributed by atoms with van der Waals surface area (Å²) in [6.07, 6.45) is 0. The van der Waals surface area contributed by atoms with E-state index in [9.17, 15) is 17.2 Å². The summed E-state index contributed by atoms with van der Waals surface area (Å²) in [5.74, 6) is -2.58. The molecule has 0 aliphatic carbocycles. The van der Waals surface area contributed by atoms with Crippen molar-refractivity contribution in [3.8, 4) is 0 Å². The van der Waals surface area contributed by atoms with Crippen molar-refractivity contribution in [2.45, 2.75) is 11.8 Å². The summed E-state index contributed by atoms with van der Waals surface area (Å²) in [6, 6.07) is 1.65. The lowest BCUT2D eigenvalue weighted by atomic mass is 10.2. The fourth-order valence-corrected chi connectivity index (χ4v) is 1.54. The zero-order valence-corrected chi connectivity index (χ0v) is 7.40. The molecule has 3 nitrogen and oxygen atoms in total. The van der Waals surface area contributed by atoms with Gasteiger partial charge < -0.3 is 0 Å². The van der Waals surface area contributed by atoms with Crippen LogP contribution in [0.25, 0.3) is 0 Å². The van der Waals surface area contributed by atoms with E-state index in [0.29, 0.717) is 0 Å².